The molecule has 2 saturated heterocycles. The van der Waals surface area contributed by atoms with Gasteiger partial charge in [-0.1, -0.05) is 13.8 Å². The van der Waals surface area contributed by atoms with Crippen LogP contribution >= 0.6 is 0 Å². The molecular formula is C15H26N2O3. The van der Waals surface area contributed by atoms with E-state index in [0.717, 1.165) is 19.4 Å². The number of amides is 1. The lowest BCUT2D eigenvalue weighted by molar-refractivity contribution is -0.232. The van der Waals surface area contributed by atoms with Crippen LogP contribution in [0, 0.1) is 11.3 Å². The normalized spacial score (nSPS) is 43.6. The molecule has 0 aromatic carbocycles. The molecule has 1 amide bonds. The molecule has 3 fully saturated rings. The standard InChI is InChI=1S/C15H26N2O3/c1-10-9-17(6-8-19-10)13(18)15(16)11-5-4-7-20-12(11)14(15,2)3/h10-12H,4-9,16H2,1-3H3. The zero-order valence-electron chi connectivity index (χ0n) is 12.7. The lowest BCUT2D eigenvalue weighted by Crippen LogP contribution is -2.82. The molecule has 3 rings (SSSR count). The minimum Gasteiger partial charge on any atom is -0.377 e. The average Bonchev–Trinajstić information content (AvgIpc) is 2.45. The highest BCUT2D eigenvalue weighted by molar-refractivity contribution is 5.89. The maximum Gasteiger partial charge on any atom is 0.243 e. The zero-order chi connectivity index (χ0) is 14.5. The van der Waals surface area contributed by atoms with Gasteiger partial charge < -0.3 is 20.1 Å². The minimum atomic E-state index is -0.783. The first-order valence-electron chi connectivity index (χ1n) is 7.70. The van der Waals surface area contributed by atoms with Gasteiger partial charge in [0, 0.05) is 31.0 Å². The van der Waals surface area contributed by atoms with Gasteiger partial charge in [-0.05, 0) is 19.8 Å². The van der Waals surface area contributed by atoms with Crippen LogP contribution in [0.1, 0.15) is 33.6 Å². The van der Waals surface area contributed by atoms with E-state index in [9.17, 15) is 4.79 Å². The number of rotatable bonds is 1. The van der Waals surface area contributed by atoms with E-state index in [2.05, 4.69) is 13.8 Å². The van der Waals surface area contributed by atoms with E-state index in [-0.39, 0.29) is 29.4 Å². The fourth-order valence-electron chi connectivity index (χ4n) is 4.27. The van der Waals surface area contributed by atoms with E-state index in [4.69, 9.17) is 15.2 Å². The predicted octanol–water partition coefficient (Wildman–Crippen LogP) is 0.766. The molecule has 2 aliphatic heterocycles. The number of morpholine rings is 1. The fraction of sp³-hybridized carbons (Fsp3) is 0.933. The molecule has 20 heavy (non-hydrogen) atoms. The van der Waals surface area contributed by atoms with Crippen LogP contribution in [0.15, 0.2) is 0 Å². The molecular weight excluding hydrogens is 256 g/mol. The smallest absolute Gasteiger partial charge is 0.243 e. The van der Waals surface area contributed by atoms with Crippen molar-refractivity contribution in [1.82, 2.24) is 4.90 Å². The van der Waals surface area contributed by atoms with Gasteiger partial charge in [0.25, 0.3) is 0 Å². The average molecular weight is 282 g/mol. The van der Waals surface area contributed by atoms with Crippen LogP contribution in [0.3, 0.4) is 0 Å². The second-order valence-electron chi connectivity index (χ2n) is 7.06. The van der Waals surface area contributed by atoms with Crippen LogP contribution in [0.2, 0.25) is 0 Å². The van der Waals surface area contributed by atoms with E-state index in [1.54, 1.807) is 0 Å². The van der Waals surface area contributed by atoms with Crippen LogP contribution in [-0.4, -0.2) is 54.9 Å². The van der Waals surface area contributed by atoms with Gasteiger partial charge in [-0.2, -0.15) is 0 Å². The van der Waals surface area contributed by atoms with Crippen molar-refractivity contribution in [3.63, 3.8) is 0 Å². The highest BCUT2D eigenvalue weighted by atomic mass is 16.5. The number of nitrogens with two attached hydrogens (primary N) is 1. The van der Waals surface area contributed by atoms with Gasteiger partial charge in [0.05, 0.1) is 18.8 Å². The van der Waals surface area contributed by atoms with Crippen LogP contribution in [0.4, 0.5) is 0 Å². The van der Waals surface area contributed by atoms with Gasteiger partial charge in [-0.25, -0.2) is 0 Å². The largest absolute Gasteiger partial charge is 0.377 e. The van der Waals surface area contributed by atoms with Crippen LogP contribution in [0.25, 0.3) is 0 Å². The summed E-state index contributed by atoms with van der Waals surface area (Å²) in [6, 6.07) is 0. The van der Waals surface area contributed by atoms with E-state index >= 15 is 0 Å². The molecule has 0 radical (unpaired) electrons. The van der Waals surface area contributed by atoms with Crippen LogP contribution in [-0.2, 0) is 14.3 Å². The first kappa shape index (κ1) is 14.3. The minimum absolute atomic E-state index is 0.0874. The van der Waals surface area contributed by atoms with Crippen LogP contribution in [0.5, 0.6) is 0 Å². The number of carbonyl (C=O) groups is 1. The molecule has 0 bridgehead atoms. The van der Waals surface area contributed by atoms with Gasteiger partial charge in [0.1, 0.15) is 5.54 Å². The molecule has 2 N–H and O–H groups in total. The second kappa shape index (κ2) is 4.68. The molecule has 1 aliphatic carbocycles. The highest BCUT2D eigenvalue weighted by Gasteiger charge is 2.70. The molecule has 5 heteroatoms. The molecule has 3 aliphatic rings. The summed E-state index contributed by atoms with van der Waals surface area (Å²) in [6.45, 7) is 8.84. The van der Waals surface area contributed by atoms with Gasteiger partial charge >= 0.3 is 0 Å². The van der Waals surface area contributed by atoms with Gasteiger partial charge in [0.2, 0.25) is 5.91 Å². The number of hydrogen-bond acceptors (Lipinski definition) is 4. The van der Waals surface area contributed by atoms with Crippen molar-refractivity contribution in [1.29, 1.82) is 0 Å². The highest BCUT2D eigenvalue weighted by Crippen LogP contribution is 2.58. The monoisotopic (exact) mass is 282 g/mol. The Morgan fingerprint density at radius 1 is 1.30 bits per heavy atom. The number of fused-ring (bicyclic) bond motifs is 1. The first-order chi connectivity index (χ1) is 9.39. The molecule has 0 spiro atoms. The maximum atomic E-state index is 13.0. The van der Waals surface area contributed by atoms with Gasteiger partial charge in [-0.3, -0.25) is 4.79 Å². The number of nitrogens with zero attached hydrogens (tertiary/aromatic N) is 1. The van der Waals surface area contributed by atoms with Crippen molar-refractivity contribution in [2.24, 2.45) is 17.1 Å². The molecule has 0 aromatic rings. The van der Waals surface area contributed by atoms with E-state index in [1.165, 1.54) is 0 Å². The van der Waals surface area contributed by atoms with Crippen molar-refractivity contribution < 1.29 is 14.3 Å². The van der Waals surface area contributed by atoms with Crippen molar-refractivity contribution >= 4 is 5.91 Å². The molecule has 114 valence electrons. The molecule has 4 atom stereocenters. The van der Waals surface area contributed by atoms with Crippen molar-refractivity contribution in [3.8, 4) is 0 Å². The molecule has 1 saturated carbocycles. The van der Waals surface area contributed by atoms with Crippen molar-refractivity contribution in [2.45, 2.75) is 51.4 Å². The zero-order valence-corrected chi connectivity index (χ0v) is 12.7. The third-order valence-electron chi connectivity index (χ3n) is 5.57. The summed E-state index contributed by atoms with van der Waals surface area (Å²) >= 11 is 0. The van der Waals surface area contributed by atoms with Gasteiger partial charge in [-0.15, -0.1) is 0 Å². The Hall–Kier alpha value is -0.650. The number of ether oxygens (including phenoxy) is 2. The first-order valence-corrected chi connectivity index (χ1v) is 7.70. The molecule has 2 heterocycles. The SMILES string of the molecule is CC1CN(C(=O)C2(N)C3CCCOC3C2(C)C)CCO1. The number of hydrogen-bond donors (Lipinski definition) is 1. The van der Waals surface area contributed by atoms with E-state index < -0.39 is 5.54 Å². The molecule has 0 aromatic heterocycles. The van der Waals surface area contributed by atoms with E-state index in [1.807, 2.05) is 11.8 Å². The second-order valence-corrected chi connectivity index (χ2v) is 7.06. The summed E-state index contributed by atoms with van der Waals surface area (Å²) in [7, 11) is 0. The van der Waals surface area contributed by atoms with Crippen molar-refractivity contribution in [3.05, 3.63) is 0 Å². The van der Waals surface area contributed by atoms with Gasteiger partial charge in [0.15, 0.2) is 0 Å². The van der Waals surface area contributed by atoms with Crippen molar-refractivity contribution in [2.75, 3.05) is 26.3 Å². The van der Waals surface area contributed by atoms with Crippen LogP contribution < -0.4 is 5.73 Å². The number of carbonyl (C=O) groups excluding carboxylic acids is 1. The van der Waals surface area contributed by atoms with E-state index in [0.29, 0.717) is 19.7 Å². The summed E-state index contributed by atoms with van der Waals surface area (Å²) in [5.74, 6) is 0.251. The Morgan fingerprint density at radius 3 is 2.75 bits per heavy atom. The summed E-state index contributed by atoms with van der Waals surface area (Å²) in [5, 5.41) is 0. The summed E-state index contributed by atoms with van der Waals surface area (Å²) in [6.07, 6.45) is 2.22. The third-order valence-corrected chi connectivity index (χ3v) is 5.57. The molecule has 4 unspecified atom stereocenters. The lowest BCUT2D eigenvalue weighted by atomic mass is 9.46. The summed E-state index contributed by atoms with van der Waals surface area (Å²) in [5.41, 5.74) is 5.57. The Morgan fingerprint density at radius 2 is 2.05 bits per heavy atom. The summed E-state index contributed by atoms with van der Waals surface area (Å²) in [4.78, 5) is 14.9. The summed E-state index contributed by atoms with van der Waals surface area (Å²) < 4.78 is 11.4. The Bertz CT molecular complexity index is 412. The predicted molar refractivity (Wildman–Crippen MR) is 75.2 cm³/mol. The Balaban J connectivity index is 1.82. The quantitative estimate of drug-likeness (QED) is 0.771. The topological polar surface area (TPSA) is 64.8 Å². The fourth-order valence-corrected chi connectivity index (χ4v) is 4.27. The Kier molecular flexibility index (Phi) is 3.35. The Labute approximate surface area is 120 Å². The third kappa shape index (κ3) is 1.76. The maximum absolute atomic E-state index is 13.0. The lowest BCUT2D eigenvalue weighted by Gasteiger charge is -2.66. The molecule has 5 nitrogen and oxygen atoms in total.